The molecule has 0 aliphatic carbocycles. The average Bonchev–Trinajstić information content (AvgIpc) is 2.78. The summed E-state index contributed by atoms with van der Waals surface area (Å²) in [6.07, 6.45) is 8.08. The van der Waals surface area contributed by atoms with Crippen molar-refractivity contribution in [2.75, 3.05) is 7.05 Å². The molecule has 116 valence electrons. The lowest BCUT2D eigenvalue weighted by molar-refractivity contribution is -0.701. The molecule has 0 saturated heterocycles. The number of unbranched alkanes of at least 4 members (excludes halogenated alkanes) is 1. The van der Waals surface area contributed by atoms with Gasteiger partial charge in [-0.25, -0.2) is 21.9 Å². The van der Waals surface area contributed by atoms with Crippen molar-refractivity contribution in [3.8, 4) is 0 Å². The molecular weight excluding hydrogens is 278 g/mol. The van der Waals surface area contributed by atoms with Gasteiger partial charge >= 0.3 is 0 Å². The molecule has 0 bridgehead atoms. The first kappa shape index (κ1) is 17.1. The number of hydrogen-bond acceptors (Lipinski definition) is 3. The average molecular weight is 303 g/mol. The molecule has 7 heteroatoms. The normalized spacial score (nSPS) is 14.2. The van der Waals surface area contributed by atoms with Crippen LogP contribution in [0.4, 0.5) is 0 Å². The van der Waals surface area contributed by atoms with Crippen molar-refractivity contribution in [1.29, 1.82) is 0 Å². The summed E-state index contributed by atoms with van der Waals surface area (Å²) in [6, 6.07) is -0.343. The number of aromatic nitrogens is 2. The molecule has 1 atom stereocenters. The topological polar surface area (TPSA) is 69.2 Å². The molecule has 0 amide bonds. The zero-order valence-corrected chi connectivity index (χ0v) is 13.5. The molecule has 0 spiro atoms. The lowest BCUT2D eigenvalue weighted by Crippen LogP contribution is -2.50. The van der Waals surface area contributed by atoms with Crippen LogP contribution in [0, 0.1) is 5.92 Å². The van der Waals surface area contributed by atoms with Crippen molar-refractivity contribution in [3.05, 3.63) is 18.7 Å². The van der Waals surface area contributed by atoms with E-state index in [9.17, 15) is 13.0 Å². The van der Waals surface area contributed by atoms with Gasteiger partial charge in [-0.05, 0) is 12.3 Å². The summed E-state index contributed by atoms with van der Waals surface area (Å²) < 4.78 is 38.4. The van der Waals surface area contributed by atoms with E-state index in [0.717, 1.165) is 23.7 Å². The fraction of sp³-hybridized carbons (Fsp3) is 0.769. The first-order valence-electron chi connectivity index (χ1n) is 6.99. The zero-order chi connectivity index (χ0) is 15.3. The highest BCUT2D eigenvalue weighted by Gasteiger charge is 2.25. The predicted octanol–water partition coefficient (Wildman–Crippen LogP) is 0.992. The lowest BCUT2D eigenvalue weighted by Gasteiger charge is -2.31. The fourth-order valence-electron chi connectivity index (χ4n) is 2.15. The van der Waals surface area contributed by atoms with E-state index in [0.29, 0.717) is 6.54 Å². The Bertz CT molecular complexity index is 511. The second-order valence-corrected chi connectivity index (χ2v) is 6.92. The van der Waals surface area contributed by atoms with Gasteiger partial charge in [0, 0.05) is 7.05 Å². The number of rotatable bonds is 8. The standard InChI is InChI=1S/C13H25N3O3S/c1-5-6-7-15-8-9-16(11-15)10-13(12(2)3)14(4)20(17,18)19/h8-9,11-13H,5-7,10H2,1-4H3/t13-/m1/s1. The third kappa shape index (κ3) is 4.88. The Hall–Kier alpha value is -0.920. The molecule has 20 heavy (non-hydrogen) atoms. The van der Waals surface area contributed by atoms with Gasteiger partial charge in [0.1, 0.15) is 18.9 Å². The summed E-state index contributed by atoms with van der Waals surface area (Å²) in [5.41, 5.74) is 0. The van der Waals surface area contributed by atoms with Crippen LogP contribution in [0.1, 0.15) is 33.6 Å². The number of aryl methyl sites for hydroxylation is 1. The SMILES string of the molecule is CCCCn1cc[n+](C[C@H](C(C)C)N(C)S(=O)(=O)[O-])c1. The Labute approximate surface area is 121 Å². The van der Waals surface area contributed by atoms with E-state index < -0.39 is 10.3 Å². The van der Waals surface area contributed by atoms with Gasteiger partial charge in [-0.15, -0.1) is 0 Å². The second kappa shape index (κ2) is 7.19. The maximum atomic E-state index is 11.2. The highest BCUT2D eigenvalue weighted by molar-refractivity contribution is 7.83. The number of imidazole rings is 1. The van der Waals surface area contributed by atoms with Crippen LogP contribution in [-0.2, 0) is 23.4 Å². The van der Waals surface area contributed by atoms with E-state index in [2.05, 4.69) is 11.5 Å². The lowest BCUT2D eigenvalue weighted by atomic mass is 10.1. The van der Waals surface area contributed by atoms with E-state index >= 15 is 0 Å². The Morgan fingerprint density at radius 3 is 2.55 bits per heavy atom. The molecule has 1 heterocycles. The molecule has 1 rings (SSSR count). The summed E-state index contributed by atoms with van der Waals surface area (Å²) in [5, 5.41) is 0. The van der Waals surface area contributed by atoms with Gasteiger partial charge in [-0.2, -0.15) is 0 Å². The van der Waals surface area contributed by atoms with Crippen molar-refractivity contribution in [2.45, 2.75) is 52.7 Å². The molecular formula is C13H25N3O3S. The maximum Gasteiger partial charge on any atom is 0.243 e. The predicted molar refractivity (Wildman–Crippen MR) is 75.6 cm³/mol. The second-order valence-electron chi connectivity index (χ2n) is 5.49. The largest absolute Gasteiger partial charge is 0.735 e. The van der Waals surface area contributed by atoms with Gasteiger partial charge in [0.05, 0.1) is 12.6 Å². The van der Waals surface area contributed by atoms with Crippen LogP contribution in [0.5, 0.6) is 0 Å². The van der Waals surface area contributed by atoms with E-state index in [1.165, 1.54) is 7.05 Å². The molecule has 0 saturated carbocycles. The van der Waals surface area contributed by atoms with Gasteiger partial charge in [-0.1, -0.05) is 27.2 Å². The summed E-state index contributed by atoms with van der Waals surface area (Å²) in [7, 11) is -3.06. The molecule has 0 fully saturated rings. The third-order valence-electron chi connectivity index (χ3n) is 3.50. The van der Waals surface area contributed by atoms with Crippen molar-refractivity contribution in [2.24, 2.45) is 5.92 Å². The zero-order valence-electron chi connectivity index (χ0n) is 12.7. The summed E-state index contributed by atoms with van der Waals surface area (Å²) in [4.78, 5) is 0. The Kier molecular flexibility index (Phi) is 6.16. The first-order chi connectivity index (χ1) is 9.25. The van der Waals surface area contributed by atoms with Crippen LogP contribution in [0.15, 0.2) is 18.7 Å². The molecule has 0 aliphatic heterocycles. The molecule has 0 N–H and O–H groups in total. The van der Waals surface area contributed by atoms with Crippen LogP contribution < -0.4 is 4.57 Å². The van der Waals surface area contributed by atoms with Crippen LogP contribution in [-0.4, -0.2) is 34.9 Å². The fourth-order valence-corrected chi connectivity index (χ4v) is 2.79. The quantitative estimate of drug-likeness (QED) is 0.531. The van der Waals surface area contributed by atoms with Gasteiger partial charge in [0.25, 0.3) is 0 Å². The number of nitrogens with zero attached hydrogens (tertiary/aromatic N) is 3. The van der Waals surface area contributed by atoms with E-state index in [1.54, 1.807) is 0 Å². The first-order valence-corrected chi connectivity index (χ1v) is 8.36. The van der Waals surface area contributed by atoms with Crippen LogP contribution in [0.25, 0.3) is 0 Å². The summed E-state index contributed by atoms with van der Waals surface area (Å²) in [6.45, 7) is 7.41. The van der Waals surface area contributed by atoms with Gasteiger partial charge in [0.2, 0.25) is 6.33 Å². The molecule has 1 aromatic rings. The van der Waals surface area contributed by atoms with Gasteiger partial charge < -0.3 is 4.55 Å². The monoisotopic (exact) mass is 303 g/mol. The minimum atomic E-state index is -4.41. The van der Waals surface area contributed by atoms with Crippen molar-refractivity contribution < 1.29 is 17.5 Å². The number of hydrogen-bond donors (Lipinski definition) is 0. The van der Waals surface area contributed by atoms with E-state index in [1.807, 2.05) is 37.1 Å². The van der Waals surface area contributed by atoms with Crippen LogP contribution >= 0.6 is 0 Å². The van der Waals surface area contributed by atoms with Gasteiger partial charge in [-0.3, -0.25) is 0 Å². The highest BCUT2D eigenvalue weighted by Crippen LogP contribution is 2.12. The van der Waals surface area contributed by atoms with Crippen molar-refractivity contribution in [1.82, 2.24) is 8.87 Å². The Morgan fingerprint density at radius 2 is 2.05 bits per heavy atom. The molecule has 0 radical (unpaired) electrons. The smallest absolute Gasteiger partial charge is 0.243 e. The summed E-state index contributed by atoms with van der Waals surface area (Å²) in [5.74, 6) is 0.0650. The Balaban J connectivity index is 2.78. The minimum absolute atomic E-state index is 0.0650. The molecule has 6 nitrogen and oxygen atoms in total. The van der Waals surface area contributed by atoms with E-state index in [4.69, 9.17) is 0 Å². The maximum absolute atomic E-state index is 11.2. The summed E-state index contributed by atoms with van der Waals surface area (Å²) >= 11 is 0. The van der Waals surface area contributed by atoms with Gasteiger partial charge in [0.15, 0.2) is 10.3 Å². The van der Waals surface area contributed by atoms with Crippen molar-refractivity contribution in [3.63, 3.8) is 0 Å². The molecule has 1 aromatic heterocycles. The molecule has 0 unspecified atom stereocenters. The molecule has 0 aromatic carbocycles. The molecule has 0 aliphatic rings. The highest BCUT2D eigenvalue weighted by atomic mass is 32.2. The third-order valence-corrected chi connectivity index (χ3v) is 4.48. The number of likely N-dealkylation sites (N-methyl/N-ethyl adjacent to an activating group) is 1. The van der Waals surface area contributed by atoms with Crippen molar-refractivity contribution >= 4 is 10.3 Å². The van der Waals surface area contributed by atoms with Crippen LogP contribution in [0.3, 0.4) is 0 Å². The minimum Gasteiger partial charge on any atom is -0.735 e. The van der Waals surface area contributed by atoms with E-state index in [-0.39, 0.29) is 12.0 Å². The Morgan fingerprint density at radius 1 is 1.40 bits per heavy atom. The van der Waals surface area contributed by atoms with Crippen LogP contribution in [0.2, 0.25) is 0 Å².